The van der Waals surface area contributed by atoms with E-state index in [9.17, 15) is 13.2 Å². The molecule has 2 rings (SSSR count). The minimum absolute atomic E-state index is 0. The van der Waals surface area contributed by atoms with E-state index in [0.29, 0.717) is 12.6 Å². The van der Waals surface area contributed by atoms with Crippen LogP contribution in [0.4, 0.5) is 13.2 Å². The molecule has 1 N–H and O–H groups in total. The first-order valence-corrected chi connectivity index (χ1v) is 6.20. The van der Waals surface area contributed by atoms with Gasteiger partial charge in [0, 0.05) is 19.1 Å². The van der Waals surface area contributed by atoms with Crippen LogP contribution >= 0.6 is 12.4 Å². The van der Waals surface area contributed by atoms with Gasteiger partial charge in [0.2, 0.25) is 0 Å². The van der Waals surface area contributed by atoms with Crippen molar-refractivity contribution in [2.75, 3.05) is 20.1 Å². The number of nitrogens with zero attached hydrogens (tertiary/aromatic N) is 1. The molecule has 1 unspecified atom stereocenters. The van der Waals surface area contributed by atoms with E-state index < -0.39 is 6.36 Å². The van der Waals surface area contributed by atoms with Crippen LogP contribution in [0.5, 0.6) is 5.75 Å². The maximum absolute atomic E-state index is 12.1. The van der Waals surface area contributed by atoms with Gasteiger partial charge < -0.3 is 10.1 Å². The Morgan fingerprint density at radius 2 is 2.15 bits per heavy atom. The van der Waals surface area contributed by atoms with E-state index in [1.165, 1.54) is 12.1 Å². The Morgan fingerprint density at radius 1 is 1.40 bits per heavy atom. The highest BCUT2D eigenvalue weighted by Gasteiger charge is 2.31. The van der Waals surface area contributed by atoms with Crippen LogP contribution in [0.25, 0.3) is 0 Å². The summed E-state index contributed by atoms with van der Waals surface area (Å²) in [5.41, 5.74) is 0.816. The minimum Gasteiger partial charge on any atom is -0.406 e. The molecule has 1 aromatic rings. The summed E-state index contributed by atoms with van der Waals surface area (Å²) >= 11 is 0. The van der Waals surface area contributed by atoms with Crippen molar-refractivity contribution in [2.45, 2.75) is 25.4 Å². The standard InChI is InChI=1S/C13H17F3N2O.ClH/c1-18(11-5-6-17-8-11)9-10-3-2-4-12(7-10)19-13(14,15)16;/h2-4,7,11,17H,5-6,8-9H2,1H3;1H. The van der Waals surface area contributed by atoms with Crippen molar-refractivity contribution in [3.8, 4) is 5.75 Å². The van der Waals surface area contributed by atoms with Crippen LogP contribution < -0.4 is 10.1 Å². The molecule has 0 amide bonds. The first-order chi connectivity index (χ1) is 8.94. The van der Waals surface area contributed by atoms with Crippen LogP contribution in [-0.4, -0.2) is 37.4 Å². The molecular weight excluding hydrogens is 293 g/mol. The largest absolute Gasteiger partial charge is 0.573 e. The molecule has 0 aromatic heterocycles. The summed E-state index contributed by atoms with van der Waals surface area (Å²) < 4.78 is 40.3. The monoisotopic (exact) mass is 310 g/mol. The number of ether oxygens (including phenoxy) is 1. The van der Waals surface area contributed by atoms with Gasteiger partial charge in [-0.3, -0.25) is 4.90 Å². The Balaban J connectivity index is 0.00000200. The Bertz CT molecular complexity index is 422. The van der Waals surface area contributed by atoms with E-state index in [1.807, 2.05) is 13.1 Å². The van der Waals surface area contributed by atoms with Gasteiger partial charge in [-0.25, -0.2) is 0 Å². The number of rotatable bonds is 4. The molecule has 3 nitrogen and oxygen atoms in total. The fourth-order valence-electron chi connectivity index (χ4n) is 2.27. The summed E-state index contributed by atoms with van der Waals surface area (Å²) in [5, 5.41) is 3.27. The molecule has 0 aliphatic carbocycles. The third-order valence-corrected chi connectivity index (χ3v) is 3.22. The van der Waals surface area contributed by atoms with Crippen molar-refractivity contribution in [3.63, 3.8) is 0 Å². The maximum Gasteiger partial charge on any atom is 0.573 e. The lowest BCUT2D eigenvalue weighted by Crippen LogP contribution is -2.32. The molecule has 1 aliphatic heterocycles. The normalized spacial score (nSPS) is 18.9. The zero-order valence-corrected chi connectivity index (χ0v) is 11.9. The van der Waals surface area contributed by atoms with Crippen molar-refractivity contribution in [2.24, 2.45) is 0 Å². The van der Waals surface area contributed by atoms with Crippen LogP contribution in [0.15, 0.2) is 24.3 Å². The molecule has 1 saturated heterocycles. The van der Waals surface area contributed by atoms with E-state index in [1.54, 1.807) is 6.07 Å². The van der Waals surface area contributed by atoms with Crippen molar-refractivity contribution < 1.29 is 17.9 Å². The van der Waals surface area contributed by atoms with Gasteiger partial charge in [-0.1, -0.05) is 12.1 Å². The molecule has 1 atom stereocenters. The maximum atomic E-state index is 12.1. The number of alkyl halides is 3. The first kappa shape index (κ1) is 17.1. The van der Waals surface area contributed by atoms with E-state index in [2.05, 4.69) is 15.0 Å². The van der Waals surface area contributed by atoms with Gasteiger partial charge in [0.15, 0.2) is 0 Å². The predicted molar refractivity (Wildman–Crippen MR) is 73.1 cm³/mol. The Morgan fingerprint density at radius 3 is 2.75 bits per heavy atom. The molecule has 1 heterocycles. The molecule has 1 fully saturated rings. The molecule has 1 aliphatic rings. The predicted octanol–water partition coefficient (Wildman–Crippen LogP) is 2.80. The number of nitrogens with one attached hydrogen (secondary N) is 1. The Kier molecular flexibility index (Phi) is 6.10. The number of likely N-dealkylation sites (N-methyl/N-ethyl adjacent to an activating group) is 1. The second-order valence-electron chi connectivity index (χ2n) is 4.76. The fraction of sp³-hybridized carbons (Fsp3) is 0.538. The highest BCUT2D eigenvalue weighted by molar-refractivity contribution is 5.85. The second kappa shape index (κ2) is 7.15. The topological polar surface area (TPSA) is 24.5 Å². The summed E-state index contributed by atoms with van der Waals surface area (Å²) in [7, 11) is 1.98. The lowest BCUT2D eigenvalue weighted by Gasteiger charge is -2.23. The van der Waals surface area contributed by atoms with Gasteiger partial charge in [-0.15, -0.1) is 25.6 Å². The highest BCUT2D eigenvalue weighted by Crippen LogP contribution is 2.24. The second-order valence-corrected chi connectivity index (χ2v) is 4.76. The van der Waals surface area contributed by atoms with Crippen LogP contribution in [0, 0.1) is 0 Å². The fourth-order valence-corrected chi connectivity index (χ4v) is 2.27. The minimum atomic E-state index is -4.64. The van der Waals surface area contributed by atoms with Crippen LogP contribution in [0.1, 0.15) is 12.0 Å². The molecule has 1 aromatic carbocycles. The van der Waals surface area contributed by atoms with Crippen LogP contribution in [-0.2, 0) is 6.54 Å². The van der Waals surface area contributed by atoms with Gasteiger partial charge in [-0.2, -0.15) is 0 Å². The number of benzene rings is 1. The van der Waals surface area contributed by atoms with Crippen molar-refractivity contribution in [3.05, 3.63) is 29.8 Å². The number of hydrogen-bond acceptors (Lipinski definition) is 3. The van der Waals surface area contributed by atoms with E-state index >= 15 is 0 Å². The van der Waals surface area contributed by atoms with Crippen LogP contribution in [0.3, 0.4) is 0 Å². The lowest BCUT2D eigenvalue weighted by atomic mass is 10.1. The van der Waals surface area contributed by atoms with Gasteiger partial charge in [0.05, 0.1) is 0 Å². The van der Waals surface area contributed by atoms with Crippen molar-refractivity contribution in [1.29, 1.82) is 0 Å². The quantitative estimate of drug-likeness (QED) is 0.925. The van der Waals surface area contributed by atoms with Gasteiger partial charge >= 0.3 is 6.36 Å². The molecule has 20 heavy (non-hydrogen) atoms. The van der Waals surface area contributed by atoms with E-state index in [-0.39, 0.29) is 18.2 Å². The van der Waals surface area contributed by atoms with Crippen LogP contribution in [0.2, 0.25) is 0 Å². The number of hydrogen-bond donors (Lipinski definition) is 1. The summed E-state index contributed by atoms with van der Waals surface area (Å²) in [4.78, 5) is 2.15. The average Bonchev–Trinajstić information content (AvgIpc) is 2.80. The molecule has 0 radical (unpaired) electrons. The summed E-state index contributed by atoms with van der Waals surface area (Å²) in [6.45, 7) is 2.53. The zero-order chi connectivity index (χ0) is 13.9. The third-order valence-electron chi connectivity index (χ3n) is 3.22. The zero-order valence-electron chi connectivity index (χ0n) is 11.1. The smallest absolute Gasteiger partial charge is 0.406 e. The molecule has 7 heteroatoms. The average molecular weight is 311 g/mol. The van der Waals surface area contributed by atoms with Gasteiger partial charge in [0.25, 0.3) is 0 Å². The lowest BCUT2D eigenvalue weighted by molar-refractivity contribution is -0.274. The summed E-state index contributed by atoms with van der Waals surface area (Å²) in [6.07, 6.45) is -3.57. The van der Waals surface area contributed by atoms with Gasteiger partial charge in [-0.05, 0) is 37.7 Å². The SMILES string of the molecule is CN(Cc1cccc(OC(F)(F)F)c1)C1CCNC1.Cl. The van der Waals surface area contributed by atoms with E-state index in [0.717, 1.165) is 25.1 Å². The molecule has 0 spiro atoms. The molecule has 0 bridgehead atoms. The number of halogens is 4. The molecule has 0 saturated carbocycles. The summed E-state index contributed by atoms with van der Waals surface area (Å²) in [6, 6.07) is 6.58. The molecule has 114 valence electrons. The van der Waals surface area contributed by atoms with Crippen molar-refractivity contribution in [1.82, 2.24) is 10.2 Å². The molecular formula is C13H18ClF3N2O. The van der Waals surface area contributed by atoms with Gasteiger partial charge in [0.1, 0.15) is 5.75 Å². The van der Waals surface area contributed by atoms with E-state index in [4.69, 9.17) is 0 Å². The highest BCUT2D eigenvalue weighted by atomic mass is 35.5. The third kappa shape index (κ3) is 5.19. The summed E-state index contributed by atoms with van der Waals surface area (Å²) in [5.74, 6) is -0.164. The Labute approximate surface area is 122 Å². The van der Waals surface area contributed by atoms with Crippen molar-refractivity contribution >= 4 is 12.4 Å². The first-order valence-electron chi connectivity index (χ1n) is 6.20. The Hall–Kier alpha value is -0.980.